The summed E-state index contributed by atoms with van der Waals surface area (Å²) in [6.07, 6.45) is 1.81. The molecule has 4 aromatic heterocycles. The van der Waals surface area contributed by atoms with Crippen LogP contribution in [0.5, 0.6) is 0 Å². The number of nitrogens with zero attached hydrogens (tertiary/aromatic N) is 3. The van der Waals surface area contributed by atoms with Gasteiger partial charge in [-0.15, -0.1) is 4.98 Å². The van der Waals surface area contributed by atoms with Crippen molar-refractivity contribution in [3.05, 3.63) is 57.9 Å². The largest absolute Gasteiger partial charge is 0.461 e. The van der Waals surface area contributed by atoms with Crippen molar-refractivity contribution in [1.82, 2.24) is 14.4 Å². The Morgan fingerprint density at radius 2 is 2.12 bits per heavy atom. The Bertz CT molecular complexity index is 1220. The lowest BCUT2D eigenvalue weighted by Gasteiger charge is -2.01. The number of carbonyl (C=O) groups is 1. The van der Waals surface area contributed by atoms with E-state index in [1.165, 1.54) is 4.40 Å². The fourth-order valence-electron chi connectivity index (χ4n) is 3.19. The molecule has 0 aliphatic heterocycles. The summed E-state index contributed by atoms with van der Waals surface area (Å²) in [5.74, 6) is -0.549. The van der Waals surface area contributed by atoms with E-state index in [9.17, 15) is 9.59 Å². The minimum atomic E-state index is -0.549. The Balaban J connectivity index is 2.10. The number of aryl methyl sites for hydroxylation is 2. The molecule has 0 spiro atoms. The first-order valence-corrected chi connectivity index (χ1v) is 8.04. The van der Waals surface area contributed by atoms with Crippen molar-refractivity contribution in [2.75, 3.05) is 6.61 Å². The molecule has 0 radical (unpaired) electrons. The number of aromatic nitrogens is 4. The molecule has 7 heteroatoms. The molecule has 0 saturated carbocycles. The smallest absolute Gasteiger partial charge is 0.389 e. The van der Waals surface area contributed by atoms with E-state index in [2.05, 4.69) is 9.97 Å². The Kier molecular flexibility index (Phi) is 3.31. The minimum absolute atomic E-state index is 0.132. The lowest BCUT2D eigenvalue weighted by atomic mass is 10.1. The standard InChI is InChI=1S/C18H16N4O3/c1-4-25-17(23)14-8-12-9-21-15(22(12)18(24)20-14)6-5-13-10(2)7-11(3)19-16(13)21/h5-9H,4H2,1-3H3/p+1. The molecule has 0 aromatic carbocycles. The highest BCUT2D eigenvalue weighted by molar-refractivity contribution is 5.88. The predicted octanol–water partition coefficient (Wildman–Crippen LogP) is 1.71. The number of carbonyl (C=O) groups excluding carboxylic acids is 1. The van der Waals surface area contributed by atoms with Crippen molar-refractivity contribution in [3.8, 4) is 0 Å². The van der Waals surface area contributed by atoms with Crippen LogP contribution in [0.1, 0.15) is 28.7 Å². The summed E-state index contributed by atoms with van der Waals surface area (Å²) < 4.78 is 8.36. The molecule has 1 N–H and O–H groups in total. The second-order valence-electron chi connectivity index (χ2n) is 5.98. The Hall–Kier alpha value is -3.22. The minimum Gasteiger partial charge on any atom is -0.461 e. The third-order valence-corrected chi connectivity index (χ3v) is 4.23. The lowest BCUT2D eigenvalue weighted by molar-refractivity contribution is -0.481. The Labute approximate surface area is 142 Å². The van der Waals surface area contributed by atoms with Crippen molar-refractivity contribution >= 4 is 28.2 Å². The van der Waals surface area contributed by atoms with E-state index in [0.29, 0.717) is 11.2 Å². The van der Waals surface area contributed by atoms with Gasteiger partial charge in [0.2, 0.25) is 5.65 Å². The fourth-order valence-corrected chi connectivity index (χ4v) is 3.19. The molecule has 126 valence electrons. The molecular formula is C18H17N4O3+. The Morgan fingerprint density at radius 3 is 2.88 bits per heavy atom. The lowest BCUT2D eigenvalue weighted by Crippen LogP contribution is -2.25. The molecule has 0 unspecified atom stereocenters. The van der Waals surface area contributed by atoms with Crippen LogP contribution in [0, 0.1) is 13.8 Å². The number of hydrogen-bond donors (Lipinski definition) is 1. The van der Waals surface area contributed by atoms with Crippen LogP contribution in [0.25, 0.3) is 22.2 Å². The maximum absolute atomic E-state index is 12.5. The molecule has 0 aliphatic rings. The van der Waals surface area contributed by atoms with Crippen LogP contribution < -0.4 is 10.1 Å². The number of fused-ring (bicyclic) bond motifs is 5. The van der Waals surface area contributed by atoms with E-state index in [4.69, 9.17) is 4.74 Å². The zero-order valence-electron chi connectivity index (χ0n) is 14.2. The van der Waals surface area contributed by atoms with Gasteiger partial charge in [0, 0.05) is 12.1 Å². The van der Waals surface area contributed by atoms with Gasteiger partial charge in [0.25, 0.3) is 5.65 Å². The molecular weight excluding hydrogens is 320 g/mol. The summed E-state index contributed by atoms with van der Waals surface area (Å²) >= 11 is 0. The van der Waals surface area contributed by atoms with Crippen LogP contribution in [-0.2, 0) is 4.74 Å². The second kappa shape index (κ2) is 5.41. The van der Waals surface area contributed by atoms with Crippen LogP contribution in [0.2, 0.25) is 0 Å². The van der Waals surface area contributed by atoms with Gasteiger partial charge in [-0.1, -0.05) is 0 Å². The van der Waals surface area contributed by atoms with E-state index in [-0.39, 0.29) is 12.3 Å². The number of imidazole rings is 1. The Morgan fingerprint density at radius 1 is 1.32 bits per heavy atom. The number of esters is 1. The van der Waals surface area contributed by atoms with Gasteiger partial charge < -0.3 is 4.74 Å². The third kappa shape index (κ3) is 2.27. The quantitative estimate of drug-likeness (QED) is 0.446. The van der Waals surface area contributed by atoms with E-state index >= 15 is 0 Å². The molecule has 0 bridgehead atoms. The monoisotopic (exact) mass is 337 g/mol. The third-order valence-electron chi connectivity index (χ3n) is 4.23. The summed E-state index contributed by atoms with van der Waals surface area (Å²) in [5, 5.41) is 1.01. The molecule has 0 aliphatic carbocycles. The number of ether oxygens (including phenoxy) is 1. The van der Waals surface area contributed by atoms with Gasteiger partial charge in [-0.05, 0) is 38.5 Å². The highest BCUT2D eigenvalue weighted by Crippen LogP contribution is 2.17. The molecule has 0 amide bonds. The van der Waals surface area contributed by atoms with Gasteiger partial charge in [0.05, 0.1) is 12.0 Å². The highest BCUT2D eigenvalue weighted by Gasteiger charge is 2.20. The van der Waals surface area contributed by atoms with Crippen molar-refractivity contribution in [2.45, 2.75) is 20.8 Å². The van der Waals surface area contributed by atoms with Gasteiger partial charge in [0.1, 0.15) is 23.1 Å². The van der Waals surface area contributed by atoms with Crippen LogP contribution in [-0.4, -0.2) is 26.9 Å². The van der Waals surface area contributed by atoms with Gasteiger partial charge in [-0.2, -0.15) is 8.80 Å². The summed E-state index contributed by atoms with van der Waals surface area (Å²) in [5.41, 5.74) is 3.81. The number of aromatic amines is 1. The van der Waals surface area contributed by atoms with Crippen LogP contribution in [0.4, 0.5) is 0 Å². The molecule has 7 nitrogen and oxygen atoms in total. The van der Waals surface area contributed by atoms with Crippen LogP contribution in [0.15, 0.2) is 35.3 Å². The number of pyridine rings is 2. The van der Waals surface area contributed by atoms with Crippen molar-refractivity contribution in [3.63, 3.8) is 0 Å². The number of rotatable bonds is 2. The van der Waals surface area contributed by atoms with Gasteiger partial charge in [-0.25, -0.2) is 9.59 Å². The topological polar surface area (TPSA) is 80.6 Å². The number of nitrogens with one attached hydrogen (secondary N) is 1. The first-order valence-electron chi connectivity index (χ1n) is 8.04. The molecule has 0 atom stereocenters. The van der Waals surface area contributed by atoms with E-state index in [1.807, 2.05) is 42.6 Å². The first-order chi connectivity index (χ1) is 12.0. The van der Waals surface area contributed by atoms with Crippen LogP contribution in [0.3, 0.4) is 0 Å². The van der Waals surface area contributed by atoms with Crippen molar-refractivity contribution < 1.29 is 13.9 Å². The maximum atomic E-state index is 12.5. The number of hydrogen-bond acceptors (Lipinski definition) is 4. The molecule has 25 heavy (non-hydrogen) atoms. The second-order valence-corrected chi connectivity index (χ2v) is 5.98. The average Bonchev–Trinajstić information content (AvgIpc) is 2.94. The zero-order valence-corrected chi connectivity index (χ0v) is 14.2. The molecule has 4 heterocycles. The predicted molar refractivity (Wildman–Crippen MR) is 91.9 cm³/mol. The molecule has 4 aromatic rings. The SMILES string of the molecule is CCOC(=O)c1cc2c[n+]3c4nc(C)cc(C)c4ccc3n2c(=O)[nH]1. The van der Waals surface area contributed by atoms with E-state index < -0.39 is 11.7 Å². The number of H-pyrrole nitrogens is 1. The van der Waals surface area contributed by atoms with E-state index in [0.717, 1.165) is 22.3 Å². The maximum Gasteiger partial charge on any atom is 0.389 e. The fraction of sp³-hybridized carbons (Fsp3) is 0.222. The average molecular weight is 337 g/mol. The van der Waals surface area contributed by atoms with Gasteiger partial charge in [0.15, 0.2) is 0 Å². The van der Waals surface area contributed by atoms with Crippen molar-refractivity contribution in [2.24, 2.45) is 0 Å². The van der Waals surface area contributed by atoms with Crippen LogP contribution >= 0.6 is 0 Å². The van der Waals surface area contributed by atoms with Crippen molar-refractivity contribution in [1.29, 1.82) is 0 Å². The van der Waals surface area contributed by atoms with E-state index in [1.54, 1.807) is 13.0 Å². The first kappa shape index (κ1) is 15.3. The molecule has 0 fully saturated rings. The summed E-state index contributed by atoms with van der Waals surface area (Å²) in [6, 6.07) is 7.47. The van der Waals surface area contributed by atoms with Gasteiger partial charge >= 0.3 is 11.7 Å². The summed E-state index contributed by atoms with van der Waals surface area (Å²) in [4.78, 5) is 31.7. The zero-order chi connectivity index (χ0) is 17.7. The van der Waals surface area contributed by atoms with Gasteiger partial charge in [-0.3, -0.25) is 4.98 Å². The molecule has 0 saturated heterocycles. The highest BCUT2D eigenvalue weighted by atomic mass is 16.5. The summed E-state index contributed by atoms with van der Waals surface area (Å²) in [6.45, 7) is 5.94. The molecule has 4 rings (SSSR count). The summed E-state index contributed by atoms with van der Waals surface area (Å²) in [7, 11) is 0. The normalized spacial score (nSPS) is 11.5.